The lowest BCUT2D eigenvalue weighted by Gasteiger charge is -2.00. The summed E-state index contributed by atoms with van der Waals surface area (Å²) in [5.41, 5.74) is 2.32. The Morgan fingerprint density at radius 1 is 1.38 bits per heavy atom. The van der Waals surface area contributed by atoms with E-state index in [4.69, 9.17) is 14.9 Å². The number of hydrogen-bond donors (Lipinski definition) is 1. The molecule has 0 unspecified atom stereocenters. The Labute approximate surface area is 76.8 Å². The molecule has 3 heteroatoms. The van der Waals surface area contributed by atoms with Gasteiger partial charge < -0.3 is 9.99 Å². The molecule has 1 aromatic rings. The first-order valence-corrected chi connectivity index (χ1v) is 4.42. The maximum atomic E-state index is 8.67. The lowest BCUT2D eigenvalue weighted by Crippen LogP contribution is -1.90. The maximum Gasteiger partial charge on any atom is 0.171 e. The van der Waals surface area contributed by atoms with E-state index in [1.807, 2.05) is 12.1 Å². The summed E-state index contributed by atoms with van der Waals surface area (Å²) in [4.78, 5) is 9.73. The van der Waals surface area contributed by atoms with Gasteiger partial charge in [-0.15, -0.1) is 0 Å². The summed E-state index contributed by atoms with van der Waals surface area (Å²) in [6.07, 6.45) is 1.71. The van der Waals surface area contributed by atoms with E-state index in [1.165, 1.54) is 5.56 Å². The molecule has 1 aliphatic rings. The Hall–Kier alpha value is -1.06. The van der Waals surface area contributed by atoms with Gasteiger partial charge in [0.15, 0.2) is 5.75 Å². The van der Waals surface area contributed by atoms with Crippen LogP contribution in [0.1, 0.15) is 17.5 Å². The zero-order valence-electron chi connectivity index (χ0n) is 7.32. The highest BCUT2D eigenvalue weighted by Crippen LogP contribution is 2.26. The van der Waals surface area contributed by atoms with Crippen molar-refractivity contribution in [3.8, 4) is 5.75 Å². The number of hydrogen-bond acceptors (Lipinski definition) is 3. The van der Waals surface area contributed by atoms with Crippen molar-refractivity contribution >= 4 is 0 Å². The van der Waals surface area contributed by atoms with Gasteiger partial charge in [-0.3, -0.25) is 0 Å². The zero-order valence-corrected chi connectivity index (χ0v) is 7.32. The van der Waals surface area contributed by atoms with E-state index < -0.39 is 0 Å². The molecule has 3 nitrogen and oxygen atoms in total. The first-order chi connectivity index (χ1) is 6.40. The predicted octanol–water partition coefficient (Wildman–Crippen LogP) is 1.44. The molecule has 1 heterocycles. The molecule has 0 spiro atoms. The van der Waals surface area contributed by atoms with Gasteiger partial charge in [-0.1, -0.05) is 6.07 Å². The van der Waals surface area contributed by atoms with Gasteiger partial charge in [-0.25, -0.2) is 0 Å². The normalized spacial score (nSPS) is 13.9. The molecule has 0 fully saturated rings. The molecule has 0 amide bonds. The Morgan fingerprint density at radius 3 is 3.15 bits per heavy atom. The molecule has 1 aromatic carbocycles. The SMILES string of the molecule is OCCCc1ccc2c(c1)COO2. The van der Waals surface area contributed by atoms with Gasteiger partial charge in [0.2, 0.25) is 0 Å². The minimum atomic E-state index is 0.240. The summed E-state index contributed by atoms with van der Waals surface area (Å²) in [6, 6.07) is 5.98. The summed E-state index contributed by atoms with van der Waals surface area (Å²) in [6.45, 7) is 0.770. The van der Waals surface area contributed by atoms with Gasteiger partial charge in [0.1, 0.15) is 6.61 Å². The van der Waals surface area contributed by atoms with Crippen LogP contribution in [-0.2, 0) is 17.9 Å². The van der Waals surface area contributed by atoms with Crippen molar-refractivity contribution < 1.29 is 14.9 Å². The van der Waals surface area contributed by atoms with Crippen molar-refractivity contribution in [3.05, 3.63) is 29.3 Å². The maximum absolute atomic E-state index is 8.67. The van der Waals surface area contributed by atoms with Crippen molar-refractivity contribution in [2.45, 2.75) is 19.4 Å². The standard InChI is InChI=1S/C10H12O3/c11-5-1-2-8-3-4-10-9(6-8)7-12-13-10/h3-4,6,11H,1-2,5,7H2. The largest absolute Gasteiger partial charge is 0.396 e. The van der Waals surface area contributed by atoms with Crippen molar-refractivity contribution in [2.75, 3.05) is 6.61 Å². The van der Waals surface area contributed by atoms with Gasteiger partial charge >= 0.3 is 0 Å². The van der Waals surface area contributed by atoms with Crippen LogP contribution in [0.5, 0.6) is 5.75 Å². The van der Waals surface area contributed by atoms with E-state index in [0.29, 0.717) is 6.61 Å². The second-order valence-corrected chi connectivity index (χ2v) is 3.11. The van der Waals surface area contributed by atoms with Crippen molar-refractivity contribution in [3.63, 3.8) is 0 Å². The molecular formula is C10H12O3. The molecular weight excluding hydrogens is 168 g/mol. The first kappa shape index (κ1) is 8.53. The highest BCUT2D eigenvalue weighted by atomic mass is 17.2. The topological polar surface area (TPSA) is 38.7 Å². The number of fused-ring (bicyclic) bond motifs is 1. The molecule has 0 atom stereocenters. The van der Waals surface area contributed by atoms with Crippen molar-refractivity contribution in [2.24, 2.45) is 0 Å². The summed E-state index contributed by atoms with van der Waals surface area (Å²) >= 11 is 0. The van der Waals surface area contributed by atoms with Crippen LogP contribution < -0.4 is 4.89 Å². The van der Waals surface area contributed by atoms with E-state index in [1.54, 1.807) is 0 Å². The molecule has 2 rings (SSSR count). The fraction of sp³-hybridized carbons (Fsp3) is 0.400. The van der Waals surface area contributed by atoms with E-state index in [9.17, 15) is 0 Å². The molecule has 0 saturated heterocycles. The fourth-order valence-corrected chi connectivity index (χ4v) is 1.42. The third-order valence-electron chi connectivity index (χ3n) is 2.11. The van der Waals surface area contributed by atoms with E-state index in [0.717, 1.165) is 24.2 Å². The molecule has 1 aliphatic heterocycles. The minimum Gasteiger partial charge on any atom is -0.396 e. The minimum absolute atomic E-state index is 0.240. The van der Waals surface area contributed by atoms with Crippen LogP contribution >= 0.6 is 0 Å². The van der Waals surface area contributed by atoms with Crippen molar-refractivity contribution in [1.82, 2.24) is 0 Å². The Morgan fingerprint density at radius 2 is 2.31 bits per heavy atom. The quantitative estimate of drug-likeness (QED) is 0.715. The van der Waals surface area contributed by atoms with Crippen LogP contribution in [0, 0.1) is 0 Å². The third kappa shape index (κ3) is 1.82. The molecule has 0 aromatic heterocycles. The second kappa shape index (κ2) is 3.77. The highest BCUT2D eigenvalue weighted by molar-refractivity contribution is 5.37. The molecule has 1 N–H and O–H groups in total. The fourth-order valence-electron chi connectivity index (χ4n) is 1.42. The monoisotopic (exact) mass is 180 g/mol. The number of aryl methyl sites for hydroxylation is 1. The Bertz CT molecular complexity index is 296. The van der Waals surface area contributed by atoms with Crippen molar-refractivity contribution in [1.29, 1.82) is 0 Å². The third-order valence-corrected chi connectivity index (χ3v) is 2.11. The molecule has 0 saturated carbocycles. The van der Waals surface area contributed by atoms with Crippen LogP contribution in [-0.4, -0.2) is 11.7 Å². The number of aliphatic hydroxyl groups excluding tert-OH is 1. The average Bonchev–Trinajstić information content (AvgIpc) is 2.61. The highest BCUT2D eigenvalue weighted by Gasteiger charge is 2.13. The molecule has 0 radical (unpaired) electrons. The van der Waals surface area contributed by atoms with Gasteiger partial charge in [0.25, 0.3) is 0 Å². The molecule has 13 heavy (non-hydrogen) atoms. The van der Waals surface area contributed by atoms with E-state index in [-0.39, 0.29) is 6.61 Å². The summed E-state index contributed by atoms with van der Waals surface area (Å²) in [7, 11) is 0. The molecule has 0 bridgehead atoms. The average molecular weight is 180 g/mol. The van der Waals surface area contributed by atoms with Crippen LogP contribution in [0.2, 0.25) is 0 Å². The summed E-state index contributed by atoms with van der Waals surface area (Å²) < 4.78 is 0. The first-order valence-electron chi connectivity index (χ1n) is 4.42. The number of aliphatic hydroxyl groups is 1. The zero-order chi connectivity index (χ0) is 9.10. The van der Waals surface area contributed by atoms with Gasteiger partial charge in [-0.2, -0.15) is 4.89 Å². The van der Waals surface area contributed by atoms with Crippen LogP contribution in [0.15, 0.2) is 18.2 Å². The van der Waals surface area contributed by atoms with Gasteiger partial charge in [0, 0.05) is 12.2 Å². The summed E-state index contributed by atoms with van der Waals surface area (Å²) in [5, 5.41) is 8.67. The molecule has 70 valence electrons. The van der Waals surface area contributed by atoms with Crippen LogP contribution in [0.3, 0.4) is 0 Å². The Balaban J connectivity index is 2.12. The van der Waals surface area contributed by atoms with Crippen LogP contribution in [0.25, 0.3) is 0 Å². The second-order valence-electron chi connectivity index (χ2n) is 3.11. The lowest BCUT2D eigenvalue weighted by molar-refractivity contribution is -0.194. The lowest BCUT2D eigenvalue weighted by atomic mass is 10.1. The van der Waals surface area contributed by atoms with Gasteiger partial charge in [-0.05, 0) is 30.5 Å². The summed E-state index contributed by atoms with van der Waals surface area (Å²) in [5.74, 6) is 0.813. The Kier molecular flexibility index (Phi) is 2.47. The van der Waals surface area contributed by atoms with E-state index in [2.05, 4.69) is 6.07 Å². The smallest absolute Gasteiger partial charge is 0.171 e. The molecule has 0 aliphatic carbocycles. The number of benzene rings is 1. The predicted molar refractivity (Wildman–Crippen MR) is 47.3 cm³/mol. The van der Waals surface area contributed by atoms with Crippen LogP contribution in [0.4, 0.5) is 0 Å². The van der Waals surface area contributed by atoms with Gasteiger partial charge in [0.05, 0.1) is 0 Å². The number of rotatable bonds is 3. The van der Waals surface area contributed by atoms with E-state index >= 15 is 0 Å².